The third kappa shape index (κ3) is 2.36. The van der Waals surface area contributed by atoms with Gasteiger partial charge in [0.05, 0.1) is 19.0 Å². The highest BCUT2D eigenvalue weighted by Gasteiger charge is 1.99. The predicted molar refractivity (Wildman–Crippen MR) is 63.9 cm³/mol. The highest BCUT2D eigenvalue weighted by molar-refractivity contribution is 9.10. The molecule has 0 saturated heterocycles. The molecule has 1 heterocycles. The van der Waals surface area contributed by atoms with Gasteiger partial charge >= 0.3 is 0 Å². The number of pyridine rings is 1. The number of hydrogen-bond donors (Lipinski definition) is 0. The second-order valence-corrected chi connectivity index (χ2v) is 4.01. The fourth-order valence-corrected chi connectivity index (χ4v) is 1.56. The van der Waals surface area contributed by atoms with Crippen molar-refractivity contribution in [3.63, 3.8) is 0 Å². The van der Waals surface area contributed by atoms with E-state index in [2.05, 4.69) is 20.9 Å². The summed E-state index contributed by atoms with van der Waals surface area (Å²) in [6.07, 6.45) is 1.72. The maximum absolute atomic E-state index is 5.05. The van der Waals surface area contributed by atoms with Gasteiger partial charge in [-0.3, -0.25) is 4.98 Å². The van der Waals surface area contributed by atoms with Crippen molar-refractivity contribution >= 4 is 15.9 Å². The molecule has 1 aromatic carbocycles. The van der Waals surface area contributed by atoms with E-state index in [1.807, 2.05) is 36.4 Å². The van der Waals surface area contributed by atoms with Gasteiger partial charge in [-0.2, -0.15) is 0 Å². The monoisotopic (exact) mass is 263 g/mol. The Morgan fingerprint density at radius 1 is 1.07 bits per heavy atom. The van der Waals surface area contributed by atoms with E-state index in [0.717, 1.165) is 21.5 Å². The average molecular weight is 264 g/mol. The molecular weight excluding hydrogens is 254 g/mol. The Labute approximate surface area is 97.1 Å². The number of methoxy groups -OCH3 is 1. The van der Waals surface area contributed by atoms with Crippen LogP contribution in [0.4, 0.5) is 0 Å². The molecular formula is C12H10BrNO. The van der Waals surface area contributed by atoms with Crippen LogP contribution < -0.4 is 4.74 Å². The zero-order valence-electron chi connectivity index (χ0n) is 8.27. The summed E-state index contributed by atoms with van der Waals surface area (Å²) in [5.74, 6) is 0.774. The van der Waals surface area contributed by atoms with E-state index in [9.17, 15) is 0 Å². The number of benzene rings is 1. The van der Waals surface area contributed by atoms with Crippen LogP contribution >= 0.6 is 15.9 Å². The van der Waals surface area contributed by atoms with Gasteiger partial charge in [-0.25, -0.2) is 0 Å². The molecule has 3 heteroatoms. The average Bonchev–Trinajstić information content (AvgIpc) is 2.30. The number of hydrogen-bond acceptors (Lipinski definition) is 2. The molecule has 0 fully saturated rings. The van der Waals surface area contributed by atoms with Crippen LogP contribution in [0.25, 0.3) is 11.3 Å². The van der Waals surface area contributed by atoms with E-state index in [-0.39, 0.29) is 0 Å². The van der Waals surface area contributed by atoms with Gasteiger partial charge in [-0.15, -0.1) is 0 Å². The Morgan fingerprint density at radius 3 is 2.33 bits per heavy atom. The van der Waals surface area contributed by atoms with Crippen LogP contribution in [0.1, 0.15) is 0 Å². The van der Waals surface area contributed by atoms with Crippen LogP contribution in [0.3, 0.4) is 0 Å². The van der Waals surface area contributed by atoms with Crippen molar-refractivity contribution < 1.29 is 4.74 Å². The zero-order valence-corrected chi connectivity index (χ0v) is 9.86. The molecule has 0 radical (unpaired) electrons. The quantitative estimate of drug-likeness (QED) is 0.827. The number of nitrogens with zero attached hydrogens (tertiary/aromatic N) is 1. The van der Waals surface area contributed by atoms with Crippen molar-refractivity contribution in [2.24, 2.45) is 0 Å². The summed E-state index contributed by atoms with van der Waals surface area (Å²) in [4.78, 5) is 4.31. The lowest BCUT2D eigenvalue weighted by Crippen LogP contribution is -1.86. The predicted octanol–water partition coefficient (Wildman–Crippen LogP) is 3.52. The molecule has 2 nitrogen and oxygen atoms in total. The molecule has 0 bridgehead atoms. The Balaban J connectivity index is 2.33. The molecule has 0 aliphatic carbocycles. The van der Waals surface area contributed by atoms with E-state index in [1.165, 1.54) is 0 Å². The summed E-state index contributed by atoms with van der Waals surface area (Å²) < 4.78 is 6.12. The van der Waals surface area contributed by atoms with Gasteiger partial charge in [0, 0.05) is 10.0 Å². The molecule has 0 unspecified atom stereocenters. The van der Waals surface area contributed by atoms with Crippen LogP contribution in [0.5, 0.6) is 5.75 Å². The SMILES string of the molecule is COc1ccc(-c2ccc(Br)cc2)nc1. The maximum Gasteiger partial charge on any atom is 0.137 e. The fraction of sp³-hybridized carbons (Fsp3) is 0.0833. The fourth-order valence-electron chi connectivity index (χ4n) is 1.29. The van der Waals surface area contributed by atoms with Crippen LogP contribution in [-0.2, 0) is 0 Å². The van der Waals surface area contributed by atoms with Crippen LogP contribution in [0.15, 0.2) is 47.1 Å². The minimum absolute atomic E-state index is 0.774. The zero-order chi connectivity index (χ0) is 10.7. The molecule has 15 heavy (non-hydrogen) atoms. The van der Waals surface area contributed by atoms with Crippen molar-refractivity contribution in [1.29, 1.82) is 0 Å². The summed E-state index contributed by atoms with van der Waals surface area (Å²) >= 11 is 3.40. The third-order valence-electron chi connectivity index (χ3n) is 2.11. The van der Waals surface area contributed by atoms with E-state index < -0.39 is 0 Å². The van der Waals surface area contributed by atoms with Crippen LogP contribution in [0, 0.1) is 0 Å². The van der Waals surface area contributed by atoms with E-state index in [0.29, 0.717) is 0 Å². The molecule has 2 aromatic rings. The highest BCUT2D eigenvalue weighted by Crippen LogP contribution is 2.21. The number of rotatable bonds is 2. The number of ether oxygens (including phenoxy) is 1. The molecule has 0 amide bonds. The summed E-state index contributed by atoms with van der Waals surface area (Å²) in [7, 11) is 1.64. The molecule has 76 valence electrons. The molecule has 0 N–H and O–H groups in total. The summed E-state index contributed by atoms with van der Waals surface area (Å²) in [6.45, 7) is 0. The topological polar surface area (TPSA) is 22.1 Å². The first kappa shape index (κ1) is 10.2. The molecule has 0 aliphatic rings. The van der Waals surface area contributed by atoms with Gasteiger partial charge < -0.3 is 4.74 Å². The van der Waals surface area contributed by atoms with Gasteiger partial charge in [0.2, 0.25) is 0 Å². The highest BCUT2D eigenvalue weighted by atomic mass is 79.9. The minimum atomic E-state index is 0.774. The normalized spacial score (nSPS) is 10.0. The van der Waals surface area contributed by atoms with Gasteiger partial charge in [0.1, 0.15) is 5.75 Å². The maximum atomic E-state index is 5.05. The van der Waals surface area contributed by atoms with Gasteiger partial charge in [0.15, 0.2) is 0 Å². The van der Waals surface area contributed by atoms with Gasteiger partial charge in [-0.05, 0) is 24.3 Å². The smallest absolute Gasteiger partial charge is 0.137 e. The summed E-state index contributed by atoms with van der Waals surface area (Å²) in [6, 6.07) is 11.9. The second-order valence-electron chi connectivity index (χ2n) is 3.09. The summed E-state index contributed by atoms with van der Waals surface area (Å²) in [5.41, 5.74) is 2.05. The molecule has 2 rings (SSSR count). The van der Waals surface area contributed by atoms with E-state index >= 15 is 0 Å². The van der Waals surface area contributed by atoms with Crippen molar-refractivity contribution in [3.8, 4) is 17.0 Å². The van der Waals surface area contributed by atoms with Crippen molar-refractivity contribution in [1.82, 2.24) is 4.98 Å². The van der Waals surface area contributed by atoms with Gasteiger partial charge in [0.25, 0.3) is 0 Å². The Bertz CT molecular complexity index is 436. The van der Waals surface area contributed by atoms with Crippen molar-refractivity contribution in [2.75, 3.05) is 7.11 Å². The second kappa shape index (κ2) is 4.45. The summed E-state index contributed by atoms with van der Waals surface area (Å²) in [5, 5.41) is 0. The molecule has 0 atom stereocenters. The van der Waals surface area contributed by atoms with Crippen molar-refractivity contribution in [3.05, 3.63) is 47.1 Å². The molecule has 1 aromatic heterocycles. The minimum Gasteiger partial charge on any atom is -0.495 e. The lowest BCUT2D eigenvalue weighted by atomic mass is 10.1. The van der Waals surface area contributed by atoms with E-state index in [4.69, 9.17) is 4.74 Å². The Hall–Kier alpha value is -1.35. The molecule has 0 saturated carbocycles. The number of aromatic nitrogens is 1. The molecule has 0 aliphatic heterocycles. The lowest BCUT2D eigenvalue weighted by Gasteiger charge is -2.02. The Kier molecular flexibility index (Phi) is 3.02. The largest absolute Gasteiger partial charge is 0.495 e. The van der Waals surface area contributed by atoms with Crippen molar-refractivity contribution in [2.45, 2.75) is 0 Å². The lowest BCUT2D eigenvalue weighted by molar-refractivity contribution is 0.413. The van der Waals surface area contributed by atoms with Gasteiger partial charge in [-0.1, -0.05) is 28.1 Å². The third-order valence-corrected chi connectivity index (χ3v) is 2.64. The van der Waals surface area contributed by atoms with E-state index in [1.54, 1.807) is 13.3 Å². The number of halogens is 1. The first-order valence-corrected chi connectivity index (χ1v) is 5.35. The first-order chi connectivity index (χ1) is 7.29. The first-order valence-electron chi connectivity index (χ1n) is 4.55. The standard InChI is InChI=1S/C12H10BrNO/c1-15-11-6-7-12(14-8-11)9-2-4-10(13)5-3-9/h2-8H,1H3. The van der Waals surface area contributed by atoms with Crippen LogP contribution in [-0.4, -0.2) is 12.1 Å². The molecule has 0 spiro atoms. The Morgan fingerprint density at radius 2 is 1.80 bits per heavy atom. The van der Waals surface area contributed by atoms with Crippen LogP contribution in [0.2, 0.25) is 0 Å².